The van der Waals surface area contributed by atoms with E-state index in [2.05, 4.69) is 17.4 Å². The van der Waals surface area contributed by atoms with Crippen molar-refractivity contribution in [3.63, 3.8) is 0 Å². The topological polar surface area (TPSA) is 59.2 Å². The molecular formula is C25H25FN6O. The van der Waals surface area contributed by atoms with Crippen LogP contribution in [0, 0.1) is 5.82 Å². The first-order chi connectivity index (χ1) is 15.9. The number of amides is 1. The molecule has 0 unspecified atom stereocenters. The fourth-order valence-electron chi connectivity index (χ4n) is 4.95. The Morgan fingerprint density at radius 3 is 2.70 bits per heavy atom. The Morgan fingerprint density at radius 2 is 1.94 bits per heavy atom. The molecule has 8 heteroatoms. The smallest absolute Gasteiger partial charge is 0.224 e. The van der Waals surface area contributed by atoms with E-state index in [1.807, 2.05) is 52.8 Å². The minimum atomic E-state index is -0.305. The van der Waals surface area contributed by atoms with E-state index in [1.54, 1.807) is 17.7 Å². The first kappa shape index (κ1) is 20.0. The van der Waals surface area contributed by atoms with Gasteiger partial charge in [0.25, 0.3) is 0 Å². The molecule has 4 aromatic rings. The van der Waals surface area contributed by atoms with Crippen LogP contribution in [-0.2, 0) is 11.8 Å². The zero-order valence-corrected chi connectivity index (χ0v) is 18.9. The molecule has 2 aromatic carbocycles. The van der Waals surface area contributed by atoms with Crippen LogP contribution in [0.3, 0.4) is 0 Å². The maximum Gasteiger partial charge on any atom is 0.224 e. The summed E-state index contributed by atoms with van der Waals surface area (Å²) in [6.07, 6.45) is 6.30. The number of aromatic nitrogens is 4. The van der Waals surface area contributed by atoms with Gasteiger partial charge in [-0.15, -0.1) is 0 Å². The van der Waals surface area contributed by atoms with Gasteiger partial charge in [0.1, 0.15) is 5.82 Å². The monoisotopic (exact) mass is 444 g/mol. The summed E-state index contributed by atoms with van der Waals surface area (Å²) in [7, 11) is 1.82. The van der Waals surface area contributed by atoms with Crippen LogP contribution in [0.25, 0.3) is 22.0 Å². The Balaban J connectivity index is 1.54. The van der Waals surface area contributed by atoms with Crippen LogP contribution in [0.2, 0.25) is 0 Å². The predicted molar refractivity (Wildman–Crippen MR) is 126 cm³/mol. The summed E-state index contributed by atoms with van der Waals surface area (Å²) in [6.45, 7) is 4.10. The summed E-state index contributed by atoms with van der Waals surface area (Å²) in [5, 5.41) is 9.71. The zero-order valence-electron chi connectivity index (χ0n) is 18.9. The molecule has 1 aliphatic heterocycles. The molecule has 1 amide bonds. The maximum absolute atomic E-state index is 15.0. The van der Waals surface area contributed by atoms with Gasteiger partial charge in [0.15, 0.2) is 5.82 Å². The predicted octanol–water partition coefficient (Wildman–Crippen LogP) is 4.80. The average Bonchev–Trinajstić information content (AvgIpc) is 3.42. The normalized spacial score (nSPS) is 18.1. The Morgan fingerprint density at radius 1 is 1.12 bits per heavy atom. The van der Waals surface area contributed by atoms with Crippen molar-refractivity contribution in [1.82, 2.24) is 19.6 Å². The van der Waals surface area contributed by atoms with E-state index in [9.17, 15) is 9.18 Å². The number of anilines is 3. The van der Waals surface area contributed by atoms with Crippen LogP contribution < -0.4 is 9.80 Å². The number of rotatable bonds is 3. The van der Waals surface area contributed by atoms with Gasteiger partial charge in [-0.3, -0.25) is 14.2 Å². The summed E-state index contributed by atoms with van der Waals surface area (Å²) in [6, 6.07) is 11.5. The first-order valence-electron chi connectivity index (χ1n) is 11.3. The molecule has 1 aliphatic carbocycles. The van der Waals surface area contributed by atoms with Crippen molar-refractivity contribution in [1.29, 1.82) is 0 Å². The average molecular weight is 445 g/mol. The highest BCUT2D eigenvalue weighted by Gasteiger charge is 2.34. The van der Waals surface area contributed by atoms with E-state index in [-0.39, 0.29) is 17.8 Å². The molecule has 0 spiro atoms. The molecule has 0 N–H and O–H groups in total. The molecule has 33 heavy (non-hydrogen) atoms. The summed E-state index contributed by atoms with van der Waals surface area (Å²) >= 11 is 0. The molecule has 3 heterocycles. The minimum absolute atomic E-state index is 0.0187. The van der Waals surface area contributed by atoms with E-state index >= 15 is 0 Å². The van der Waals surface area contributed by atoms with Crippen molar-refractivity contribution in [2.45, 2.75) is 38.8 Å². The fourth-order valence-corrected chi connectivity index (χ4v) is 4.95. The molecule has 0 saturated heterocycles. The number of carbonyl (C=O) groups excluding carboxylic acids is 1. The Labute approximate surface area is 191 Å². The van der Waals surface area contributed by atoms with Crippen molar-refractivity contribution in [2.75, 3.05) is 16.3 Å². The van der Waals surface area contributed by atoms with Crippen LogP contribution in [0.1, 0.15) is 32.7 Å². The van der Waals surface area contributed by atoms with Crippen molar-refractivity contribution in [2.24, 2.45) is 7.05 Å². The second kappa shape index (κ2) is 7.16. The highest BCUT2D eigenvalue weighted by atomic mass is 19.1. The summed E-state index contributed by atoms with van der Waals surface area (Å²) in [5.41, 5.74) is 4.40. The second-order valence-corrected chi connectivity index (χ2v) is 9.07. The molecule has 2 aliphatic rings. The van der Waals surface area contributed by atoms with Gasteiger partial charge in [0, 0.05) is 32.3 Å². The highest BCUT2D eigenvalue weighted by Crippen LogP contribution is 2.44. The summed E-state index contributed by atoms with van der Waals surface area (Å²) in [5.74, 6) is 0.239. The maximum atomic E-state index is 15.0. The second-order valence-electron chi connectivity index (χ2n) is 9.07. The Bertz CT molecular complexity index is 1400. The van der Waals surface area contributed by atoms with Crippen molar-refractivity contribution in [3.8, 4) is 11.1 Å². The van der Waals surface area contributed by atoms with Gasteiger partial charge in [0.05, 0.1) is 40.6 Å². The molecule has 6 rings (SSSR count). The summed E-state index contributed by atoms with van der Waals surface area (Å²) < 4.78 is 18.7. The molecule has 1 saturated carbocycles. The largest absolute Gasteiger partial charge is 0.320 e. The SMILES string of the molecule is CC(=O)N1c2ccc(-c3cnn(C4CC4)c3)cc2N(c2nn(C)c3cccc(F)c23)C[C@@H]1C. The number of halogens is 1. The van der Waals surface area contributed by atoms with Crippen molar-refractivity contribution in [3.05, 3.63) is 54.6 Å². The lowest BCUT2D eigenvalue weighted by Gasteiger charge is -2.41. The first-order valence-corrected chi connectivity index (χ1v) is 11.3. The van der Waals surface area contributed by atoms with Crippen molar-refractivity contribution < 1.29 is 9.18 Å². The number of fused-ring (bicyclic) bond motifs is 2. The molecule has 1 fully saturated rings. The van der Waals surface area contributed by atoms with Gasteiger partial charge < -0.3 is 9.80 Å². The van der Waals surface area contributed by atoms with Crippen LogP contribution in [0.15, 0.2) is 48.8 Å². The lowest BCUT2D eigenvalue weighted by atomic mass is 10.0. The Hall–Kier alpha value is -3.68. The lowest BCUT2D eigenvalue weighted by molar-refractivity contribution is -0.117. The fraction of sp³-hybridized carbons (Fsp3) is 0.320. The van der Waals surface area contributed by atoms with Crippen LogP contribution in [0.4, 0.5) is 21.6 Å². The van der Waals surface area contributed by atoms with Gasteiger partial charge >= 0.3 is 0 Å². The quantitative estimate of drug-likeness (QED) is 0.455. The molecule has 7 nitrogen and oxygen atoms in total. The van der Waals surface area contributed by atoms with E-state index in [0.29, 0.717) is 23.8 Å². The molecule has 168 valence electrons. The van der Waals surface area contributed by atoms with Gasteiger partial charge in [-0.25, -0.2) is 4.39 Å². The Kier molecular flexibility index (Phi) is 4.33. The van der Waals surface area contributed by atoms with Gasteiger partial charge in [-0.05, 0) is 49.6 Å². The molecule has 0 radical (unpaired) electrons. The van der Waals surface area contributed by atoms with E-state index in [4.69, 9.17) is 5.10 Å². The molecule has 0 bridgehead atoms. The standard InChI is InChI=1S/C25H25FN6O/c1-15-13-30(25-24-20(26)5-4-6-22(24)29(3)28-25)23-11-17(7-10-21(23)32(15)16(2)33)18-12-27-31(14-18)19-8-9-19/h4-7,10-12,14-15,19H,8-9,13H2,1-3H3/t15-/m0/s1. The number of nitrogens with zero attached hydrogens (tertiary/aromatic N) is 6. The number of benzene rings is 2. The number of hydrogen-bond acceptors (Lipinski definition) is 4. The van der Waals surface area contributed by atoms with E-state index < -0.39 is 0 Å². The molecule has 1 atom stereocenters. The van der Waals surface area contributed by atoms with Gasteiger partial charge in [-0.1, -0.05) is 12.1 Å². The third kappa shape index (κ3) is 3.12. The molecule has 2 aromatic heterocycles. The minimum Gasteiger partial charge on any atom is -0.320 e. The number of aryl methyl sites for hydroxylation is 1. The number of hydrogen-bond donors (Lipinski definition) is 0. The van der Waals surface area contributed by atoms with Gasteiger partial charge in [-0.2, -0.15) is 10.2 Å². The summed E-state index contributed by atoms with van der Waals surface area (Å²) in [4.78, 5) is 16.4. The zero-order chi connectivity index (χ0) is 22.9. The van der Waals surface area contributed by atoms with E-state index in [0.717, 1.165) is 28.0 Å². The van der Waals surface area contributed by atoms with Crippen LogP contribution in [-0.4, -0.2) is 38.1 Å². The number of carbonyl (C=O) groups is 1. The van der Waals surface area contributed by atoms with Gasteiger partial charge in [0.2, 0.25) is 5.91 Å². The molecular weight excluding hydrogens is 419 g/mol. The third-order valence-corrected chi connectivity index (χ3v) is 6.67. The highest BCUT2D eigenvalue weighted by molar-refractivity contribution is 6.01. The lowest BCUT2D eigenvalue weighted by Crippen LogP contribution is -2.48. The third-order valence-electron chi connectivity index (χ3n) is 6.67. The van der Waals surface area contributed by atoms with Crippen LogP contribution in [0.5, 0.6) is 0 Å². The van der Waals surface area contributed by atoms with Crippen molar-refractivity contribution >= 4 is 34.0 Å². The van der Waals surface area contributed by atoms with E-state index in [1.165, 1.54) is 18.9 Å². The van der Waals surface area contributed by atoms with Crippen LogP contribution >= 0.6 is 0 Å².